The molecule has 0 atom stereocenters. The van der Waals surface area contributed by atoms with E-state index in [4.69, 9.17) is 0 Å². The predicted molar refractivity (Wildman–Crippen MR) is 109 cm³/mol. The molecule has 0 aliphatic carbocycles. The van der Waals surface area contributed by atoms with Crippen LogP contribution in [0.4, 0.5) is 19.0 Å². The topological polar surface area (TPSA) is 92.7 Å². The number of carbonyl (C=O) groups is 1. The number of aromatic amines is 1. The normalized spacial score (nSPS) is 11.5. The Hall–Kier alpha value is -3.73. The van der Waals surface area contributed by atoms with Crippen molar-refractivity contribution >= 4 is 23.1 Å². The molecule has 7 nitrogen and oxygen atoms in total. The lowest BCUT2D eigenvalue weighted by Crippen LogP contribution is -2.19. The number of nitrogens with zero attached hydrogens (tertiary/aromatic N) is 3. The largest absolute Gasteiger partial charge is 0.416 e. The van der Waals surface area contributed by atoms with Gasteiger partial charge in [-0.3, -0.25) is 14.6 Å². The second kappa shape index (κ2) is 7.84. The van der Waals surface area contributed by atoms with Crippen LogP contribution in [-0.4, -0.2) is 25.7 Å². The Morgan fingerprint density at radius 3 is 2.65 bits per heavy atom. The highest BCUT2D eigenvalue weighted by atomic mass is 32.1. The fourth-order valence-corrected chi connectivity index (χ4v) is 3.55. The number of H-pyrrole nitrogens is 1. The lowest BCUT2D eigenvalue weighted by Gasteiger charge is -2.10. The maximum atomic E-state index is 13.0. The molecule has 4 rings (SSSR count). The number of nitrogens with one attached hydrogen (secondary N) is 2. The van der Waals surface area contributed by atoms with Crippen LogP contribution < -0.4 is 10.9 Å². The van der Waals surface area contributed by atoms with Crippen molar-refractivity contribution in [2.75, 3.05) is 5.32 Å². The summed E-state index contributed by atoms with van der Waals surface area (Å²) in [5.41, 5.74) is -0.588. The van der Waals surface area contributed by atoms with E-state index in [1.54, 1.807) is 13.0 Å². The molecule has 0 aliphatic heterocycles. The monoisotopic (exact) mass is 445 g/mol. The molecule has 0 saturated carbocycles. The fraction of sp³-hybridized carbons (Fsp3) is 0.100. The summed E-state index contributed by atoms with van der Waals surface area (Å²) < 4.78 is 40.2. The Bertz CT molecular complexity index is 1310. The van der Waals surface area contributed by atoms with Gasteiger partial charge in [-0.25, -0.2) is 4.98 Å². The lowest BCUT2D eigenvalue weighted by atomic mass is 10.1. The third kappa shape index (κ3) is 4.40. The van der Waals surface area contributed by atoms with Crippen molar-refractivity contribution in [3.63, 3.8) is 0 Å². The Balaban J connectivity index is 1.75. The van der Waals surface area contributed by atoms with Crippen LogP contribution in [0.1, 0.15) is 21.6 Å². The average Bonchev–Trinajstić information content (AvgIpc) is 3.36. The van der Waals surface area contributed by atoms with Gasteiger partial charge in [-0.05, 0) is 36.6 Å². The maximum absolute atomic E-state index is 13.0. The number of hydrogen-bond donors (Lipinski definition) is 2. The molecule has 0 radical (unpaired) electrons. The van der Waals surface area contributed by atoms with E-state index in [1.807, 2.05) is 17.5 Å². The van der Waals surface area contributed by atoms with Gasteiger partial charge in [0.05, 0.1) is 10.4 Å². The molecule has 0 aliphatic rings. The molecule has 31 heavy (non-hydrogen) atoms. The van der Waals surface area contributed by atoms with Crippen molar-refractivity contribution in [2.24, 2.45) is 0 Å². The molecule has 0 saturated heterocycles. The molecular weight excluding hydrogens is 431 g/mol. The zero-order valence-electron chi connectivity index (χ0n) is 15.9. The minimum atomic E-state index is -4.57. The number of amides is 1. The Morgan fingerprint density at radius 1 is 1.16 bits per heavy atom. The van der Waals surface area contributed by atoms with Gasteiger partial charge in [0, 0.05) is 23.4 Å². The zero-order valence-corrected chi connectivity index (χ0v) is 16.7. The van der Waals surface area contributed by atoms with E-state index >= 15 is 0 Å². The first-order valence-corrected chi connectivity index (χ1v) is 9.79. The third-order valence-corrected chi connectivity index (χ3v) is 5.13. The van der Waals surface area contributed by atoms with Gasteiger partial charge in [-0.15, -0.1) is 11.3 Å². The van der Waals surface area contributed by atoms with Crippen molar-refractivity contribution in [3.05, 3.63) is 81.1 Å². The summed E-state index contributed by atoms with van der Waals surface area (Å²) in [5, 5.41) is 8.82. The van der Waals surface area contributed by atoms with Gasteiger partial charge in [-0.1, -0.05) is 12.1 Å². The molecule has 11 heteroatoms. The SMILES string of the molecule is Cc1cc(=O)[nH]c(-n2nc(-c3cccs3)cc2NC(=O)c2cccc(C(F)(F)F)c2)n1. The second-order valence-corrected chi connectivity index (χ2v) is 7.49. The third-order valence-electron chi connectivity index (χ3n) is 4.23. The van der Waals surface area contributed by atoms with Crippen LogP contribution in [-0.2, 0) is 6.18 Å². The molecule has 158 valence electrons. The summed E-state index contributed by atoms with van der Waals surface area (Å²) in [7, 11) is 0. The molecule has 3 heterocycles. The van der Waals surface area contributed by atoms with Gasteiger partial charge in [0.15, 0.2) is 0 Å². The standard InChI is InChI=1S/C20H14F3N5O2S/c1-11-8-17(29)26-19(24-11)28-16(10-14(27-28)15-6-3-7-31-15)25-18(30)12-4-2-5-13(9-12)20(21,22)23/h2-10H,1H3,(H,25,30)(H,24,26,29). The Kier molecular flexibility index (Phi) is 5.19. The molecular formula is C20H14F3N5O2S. The molecule has 0 bridgehead atoms. The summed E-state index contributed by atoms with van der Waals surface area (Å²) in [4.78, 5) is 32.1. The predicted octanol–water partition coefficient (Wildman–Crippen LogP) is 4.26. The van der Waals surface area contributed by atoms with Gasteiger partial charge < -0.3 is 5.32 Å². The number of halogens is 3. The van der Waals surface area contributed by atoms with Crippen LogP contribution in [0.2, 0.25) is 0 Å². The van der Waals surface area contributed by atoms with Crippen LogP contribution in [0.3, 0.4) is 0 Å². The van der Waals surface area contributed by atoms with Gasteiger partial charge >= 0.3 is 6.18 Å². The van der Waals surface area contributed by atoms with E-state index in [1.165, 1.54) is 28.2 Å². The summed E-state index contributed by atoms with van der Waals surface area (Å²) in [5.74, 6) is -0.563. The quantitative estimate of drug-likeness (QED) is 0.491. The van der Waals surface area contributed by atoms with Crippen molar-refractivity contribution in [3.8, 4) is 16.5 Å². The number of anilines is 1. The second-order valence-electron chi connectivity index (χ2n) is 6.55. The smallest absolute Gasteiger partial charge is 0.306 e. The lowest BCUT2D eigenvalue weighted by molar-refractivity contribution is -0.137. The minimum absolute atomic E-state index is 0.0622. The van der Waals surface area contributed by atoms with E-state index in [2.05, 4.69) is 20.4 Å². The van der Waals surface area contributed by atoms with Crippen LogP contribution >= 0.6 is 11.3 Å². The van der Waals surface area contributed by atoms with E-state index < -0.39 is 23.2 Å². The van der Waals surface area contributed by atoms with Crippen LogP contribution in [0.15, 0.2) is 58.7 Å². The zero-order chi connectivity index (χ0) is 22.2. The van der Waals surface area contributed by atoms with Gasteiger partial charge in [0.25, 0.3) is 11.5 Å². The van der Waals surface area contributed by atoms with Gasteiger partial charge in [0.1, 0.15) is 11.5 Å². The number of benzene rings is 1. The van der Waals surface area contributed by atoms with E-state index in [0.29, 0.717) is 11.4 Å². The number of aryl methyl sites for hydroxylation is 1. The van der Waals surface area contributed by atoms with Crippen molar-refractivity contribution in [1.29, 1.82) is 0 Å². The number of rotatable bonds is 4. The van der Waals surface area contributed by atoms with E-state index in [9.17, 15) is 22.8 Å². The number of alkyl halides is 3. The molecule has 3 aromatic heterocycles. The molecule has 0 spiro atoms. The number of carbonyl (C=O) groups excluding carboxylic acids is 1. The first-order chi connectivity index (χ1) is 14.7. The summed E-state index contributed by atoms with van der Waals surface area (Å²) in [6.07, 6.45) is -4.57. The van der Waals surface area contributed by atoms with Gasteiger partial charge in [-0.2, -0.15) is 23.0 Å². The van der Waals surface area contributed by atoms with Crippen molar-refractivity contribution in [1.82, 2.24) is 19.7 Å². The number of aromatic nitrogens is 4. The average molecular weight is 445 g/mol. The summed E-state index contributed by atoms with van der Waals surface area (Å²) in [6, 6.07) is 10.6. The van der Waals surface area contributed by atoms with Crippen LogP contribution in [0, 0.1) is 6.92 Å². The fourth-order valence-electron chi connectivity index (χ4n) is 2.87. The Labute approximate surface area is 177 Å². The van der Waals surface area contributed by atoms with Crippen LogP contribution in [0.25, 0.3) is 16.5 Å². The first-order valence-electron chi connectivity index (χ1n) is 8.91. The minimum Gasteiger partial charge on any atom is -0.306 e. The van der Waals surface area contributed by atoms with Crippen LogP contribution in [0.5, 0.6) is 0 Å². The number of hydrogen-bond acceptors (Lipinski definition) is 5. The van der Waals surface area contributed by atoms with Crippen molar-refractivity contribution in [2.45, 2.75) is 13.1 Å². The molecule has 4 aromatic rings. The van der Waals surface area contributed by atoms with Crippen molar-refractivity contribution < 1.29 is 18.0 Å². The van der Waals surface area contributed by atoms with E-state index in [0.717, 1.165) is 23.1 Å². The highest BCUT2D eigenvalue weighted by molar-refractivity contribution is 7.13. The molecule has 0 fully saturated rings. The summed E-state index contributed by atoms with van der Waals surface area (Å²) in [6.45, 7) is 1.63. The summed E-state index contributed by atoms with van der Waals surface area (Å²) >= 11 is 1.41. The van der Waals surface area contributed by atoms with Gasteiger partial charge in [0.2, 0.25) is 5.95 Å². The molecule has 2 N–H and O–H groups in total. The maximum Gasteiger partial charge on any atom is 0.416 e. The Morgan fingerprint density at radius 2 is 1.97 bits per heavy atom. The number of thiophene rings is 1. The molecule has 1 aromatic carbocycles. The first kappa shape index (κ1) is 20.5. The van der Waals surface area contributed by atoms with E-state index in [-0.39, 0.29) is 17.3 Å². The molecule has 1 amide bonds. The highest BCUT2D eigenvalue weighted by Crippen LogP contribution is 2.30. The highest BCUT2D eigenvalue weighted by Gasteiger charge is 2.31. The molecule has 0 unspecified atom stereocenters.